The molecule has 0 amide bonds. The van der Waals surface area contributed by atoms with Gasteiger partial charge in [0.05, 0.1) is 13.0 Å². The fraction of sp³-hybridized carbons (Fsp3) is 0.419. The molecule has 1 aromatic heterocycles. The van der Waals surface area contributed by atoms with Gasteiger partial charge in [-0.15, -0.1) is 0 Å². The third-order valence-electron chi connectivity index (χ3n) is 6.25. The molecule has 1 fully saturated rings. The second-order valence-corrected chi connectivity index (χ2v) is 9.27. The van der Waals surface area contributed by atoms with Gasteiger partial charge in [-0.05, 0) is 66.1 Å². The van der Waals surface area contributed by atoms with Crippen molar-refractivity contribution in [3.05, 3.63) is 77.2 Å². The summed E-state index contributed by atoms with van der Waals surface area (Å²) in [5, 5.41) is 9.20. The molecule has 2 atom stereocenters. The van der Waals surface area contributed by atoms with E-state index in [0.717, 1.165) is 35.1 Å². The van der Waals surface area contributed by atoms with Crippen LogP contribution < -0.4 is 9.47 Å². The number of halogens is 1. The van der Waals surface area contributed by atoms with Gasteiger partial charge in [0.25, 0.3) is 0 Å². The summed E-state index contributed by atoms with van der Waals surface area (Å²) in [6.07, 6.45) is 8.59. The van der Waals surface area contributed by atoms with E-state index >= 15 is 4.39 Å². The predicted molar refractivity (Wildman–Crippen MR) is 145 cm³/mol. The Balaban J connectivity index is 0.000000694. The van der Waals surface area contributed by atoms with E-state index in [1.54, 1.807) is 32.4 Å². The Kier molecular flexibility index (Phi) is 10.5. The Morgan fingerprint density at radius 2 is 1.81 bits per heavy atom. The number of carboxylic acids is 1. The quantitative estimate of drug-likeness (QED) is 0.368. The number of benzene rings is 2. The van der Waals surface area contributed by atoms with Crippen molar-refractivity contribution in [2.45, 2.75) is 71.8 Å². The van der Waals surface area contributed by atoms with Gasteiger partial charge in [-0.25, -0.2) is 9.37 Å². The lowest BCUT2D eigenvalue weighted by Crippen LogP contribution is -2.12. The lowest BCUT2D eigenvalue weighted by Gasteiger charge is -2.20. The molecule has 0 bridgehead atoms. The van der Waals surface area contributed by atoms with Gasteiger partial charge in [0, 0.05) is 17.8 Å². The molecule has 2 aromatic carbocycles. The number of methoxy groups -OCH3 is 1. The standard InChI is InChI=1S/C26H26FNO4.C3H6.C2H6/c1-16(26(29)30)12-17-6-7-18-4-3-5-23(32-24(18)13-17)21-9-8-19(14-22(21)27)20-10-11-28-25(15-20)31-2;1-2-3-1;1-2/h6-11,13-16,23H,3-5,12H2,1-2H3,(H,29,30);1-3H2;1-2H3. The predicted octanol–water partition coefficient (Wildman–Crippen LogP) is 7.81. The van der Waals surface area contributed by atoms with Crippen molar-refractivity contribution in [1.29, 1.82) is 0 Å². The highest BCUT2D eigenvalue weighted by Gasteiger charge is 2.23. The smallest absolute Gasteiger partial charge is 0.306 e. The third kappa shape index (κ3) is 8.04. The molecule has 1 N–H and O–H groups in total. The topological polar surface area (TPSA) is 68.7 Å². The highest BCUT2D eigenvalue weighted by molar-refractivity contribution is 5.70. The van der Waals surface area contributed by atoms with E-state index in [1.807, 2.05) is 44.2 Å². The van der Waals surface area contributed by atoms with E-state index in [0.29, 0.717) is 30.0 Å². The number of aryl methyl sites for hydroxylation is 1. The van der Waals surface area contributed by atoms with E-state index in [2.05, 4.69) is 4.98 Å². The molecule has 1 saturated carbocycles. The zero-order valence-corrected chi connectivity index (χ0v) is 22.3. The summed E-state index contributed by atoms with van der Waals surface area (Å²) in [5.74, 6) is -0.435. The lowest BCUT2D eigenvalue weighted by atomic mass is 9.98. The number of rotatable bonds is 6. The van der Waals surface area contributed by atoms with Gasteiger partial charge < -0.3 is 14.6 Å². The first-order valence-electron chi connectivity index (χ1n) is 13.3. The van der Waals surface area contributed by atoms with Crippen LogP contribution in [0.2, 0.25) is 0 Å². The second kappa shape index (κ2) is 13.8. The van der Waals surface area contributed by atoms with E-state index < -0.39 is 18.0 Å². The van der Waals surface area contributed by atoms with E-state index in [4.69, 9.17) is 9.47 Å². The molecule has 0 saturated heterocycles. The summed E-state index contributed by atoms with van der Waals surface area (Å²) in [6.45, 7) is 5.69. The van der Waals surface area contributed by atoms with Crippen LogP contribution in [0.5, 0.6) is 11.6 Å². The molecule has 1 aliphatic heterocycles. The SMILES string of the molecule is C1CC1.CC.COc1cc(-c2ccc(C3CCCc4ccc(CC(C)C(=O)O)cc4O3)c(F)c2)ccn1. The number of aliphatic carboxylic acids is 1. The van der Waals surface area contributed by atoms with Gasteiger partial charge in [-0.3, -0.25) is 4.79 Å². The van der Waals surface area contributed by atoms with Crippen molar-refractivity contribution in [2.75, 3.05) is 7.11 Å². The molecule has 2 unspecified atom stereocenters. The minimum Gasteiger partial charge on any atom is -0.485 e. The molecule has 2 heterocycles. The normalized spacial score (nSPS) is 16.3. The molecular weight excluding hydrogens is 469 g/mol. The number of carboxylic acid groups (broad SMARTS) is 1. The van der Waals surface area contributed by atoms with Crippen LogP contribution in [0.4, 0.5) is 4.39 Å². The van der Waals surface area contributed by atoms with Gasteiger partial charge in [0.15, 0.2) is 0 Å². The summed E-state index contributed by atoms with van der Waals surface area (Å²) in [4.78, 5) is 15.3. The van der Waals surface area contributed by atoms with Gasteiger partial charge in [0.1, 0.15) is 17.7 Å². The Morgan fingerprint density at radius 3 is 2.46 bits per heavy atom. The Bertz CT molecular complexity index is 1170. The summed E-state index contributed by atoms with van der Waals surface area (Å²) in [7, 11) is 1.55. The average molecular weight is 508 g/mol. The van der Waals surface area contributed by atoms with Crippen LogP contribution in [0.1, 0.15) is 75.7 Å². The highest BCUT2D eigenvalue weighted by Crippen LogP contribution is 2.36. The molecule has 3 aromatic rings. The van der Waals surface area contributed by atoms with Crippen LogP contribution >= 0.6 is 0 Å². The Hall–Kier alpha value is -3.41. The largest absolute Gasteiger partial charge is 0.485 e. The van der Waals surface area contributed by atoms with Crippen LogP contribution in [-0.2, 0) is 17.6 Å². The van der Waals surface area contributed by atoms with E-state index in [-0.39, 0.29) is 5.82 Å². The first-order valence-corrected chi connectivity index (χ1v) is 13.3. The summed E-state index contributed by atoms with van der Waals surface area (Å²) in [6, 6.07) is 14.6. The zero-order valence-electron chi connectivity index (χ0n) is 22.3. The molecule has 198 valence electrons. The number of ether oxygens (including phenoxy) is 2. The van der Waals surface area contributed by atoms with Crippen LogP contribution in [0.25, 0.3) is 11.1 Å². The fourth-order valence-electron chi connectivity index (χ4n) is 4.06. The van der Waals surface area contributed by atoms with Crippen molar-refractivity contribution in [2.24, 2.45) is 5.92 Å². The van der Waals surface area contributed by atoms with Gasteiger partial charge in [-0.2, -0.15) is 0 Å². The average Bonchev–Trinajstić information content (AvgIpc) is 3.80. The minimum atomic E-state index is -0.826. The van der Waals surface area contributed by atoms with E-state index in [1.165, 1.54) is 25.3 Å². The zero-order chi connectivity index (χ0) is 26.8. The lowest BCUT2D eigenvalue weighted by molar-refractivity contribution is -0.141. The maximum atomic E-state index is 15.2. The third-order valence-corrected chi connectivity index (χ3v) is 6.25. The van der Waals surface area contributed by atoms with Crippen LogP contribution in [0, 0.1) is 11.7 Å². The Labute approximate surface area is 219 Å². The molecule has 37 heavy (non-hydrogen) atoms. The van der Waals surface area contributed by atoms with E-state index in [9.17, 15) is 9.90 Å². The first kappa shape index (κ1) is 28.2. The molecule has 6 heteroatoms. The molecule has 2 aliphatic rings. The van der Waals surface area contributed by atoms with Crippen molar-refractivity contribution in [3.8, 4) is 22.8 Å². The van der Waals surface area contributed by atoms with Crippen molar-refractivity contribution < 1.29 is 23.8 Å². The number of pyridine rings is 1. The summed E-state index contributed by atoms with van der Waals surface area (Å²) < 4.78 is 26.6. The summed E-state index contributed by atoms with van der Waals surface area (Å²) in [5.41, 5.74) is 4.06. The first-order chi connectivity index (χ1) is 17.9. The molecular formula is C31H38FNO4. The maximum Gasteiger partial charge on any atom is 0.306 e. The van der Waals surface area contributed by atoms with Crippen LogP contribution in [-0.4, -0.2) is 23.2 Å². The van der Waals surface area contributed by atoms with Crippen molar-refractivity contribution in [3.63, 3.8) is 0 Å². The summed E-state index contributed by atoms with van der Waals surface area (Å²) >= 11 is 0. The maximum absolute atomic E-state index is 15.2. The van der Waals surface area contributed by atoms with Gasteiger partial charge in [0.2, 0.25) is 5.88 Å². The number of hydrogen-bond acceptors (Lipinski definition) is 4. The highest BCUT2D eigenvalue weighted by atomic mass is 19.1. The number of aromatic nitrogens is 1. The molecule has 1 aliphatic carbocycles. The second-order valence-electron chi connectivity index (χ2n) is 9.27. The van der Waals surface area contributed by atoms with Crippen LogP contribution in [0.3, 0.4) is 0 Å². The van der Waals surface area contributed by atoms with Gasteiger partial charge in [-0.1, -0.05) is 64.3 Å². The number of hydrogen-bond donors (Lipinski definition) is 1. The van der Waals surface area contributed by atoms with Gasteiger partial charge >= 0.3 is 5.97 Å². The minimum absolute atomic E-state index is 0.317. The van der Waals surface area contributed by atoms with Crippen molar-refractivity contribution in [1.82, 2.24) is 4.98 Å². The monoisotopic (exact) mass is 507 g/mol. The molecule has 0 radical (unpaired) electrons. The number of fused-ring (bicyclic) bond motifs is 1. The number of carbonyl (C=O) groups is 1. The van der Waals surface area contributed by atoms with Crippen LogP contribution in [0.15, 0.2) is 54.7 Å². The fourth-order valence-corrected chi connectivity index (χ4v) is 4.06. The Morgan fingerprint density at radius 1 is 1.08 bits per heavy atom. The molecule has 0 spiro atoms. The number of nitrogens with zero attached hydrogens (tertiary/aromatic N) is 1. The molecule has 5 nitrogen and oxygen atoms in total. The van der Waals surface area contributed by atoms with Crippen molar-refractivity contribution >= 4 is 5.97 Å². The molecule has 5 rings (SSSR count).